The van der Waals surface area contributed by atoms with Crippen molar-refractivity contribution in [1.82, 2.24) is 14.7 Å². The monoisotopic (exact) mass is 303 g/mol. The average Bonchev–Trinajstić information content (AvgIpc) is 3.05. The smallest absolute Gasteiger partial charge is 0.243 e. The summed E-state index contributed by atoms with van der Waals surface area (Å²) < 4.78 is 13.6. The highest BCUT2D eigenvalue weighted by molar-refractivity contribution is 7.15. The Hall–Kier alpha value is -2.05. The van der Waals surface area contributed by atoms with Crippen molar-refractivity contribution in [2.45, 2.75) is 13.5 Å². The number of hydrogen-bond donors (Lipinski definition) is 1. The normalized spacial score (nSPS) is 11.0. The van der Waals surface area contributed by atoms with Crippen molar-refractivity contribution in [2.24, 2.45) is 0 Å². The second-order valence-electron chi connectivity index (χ2n) is 4.43. The fourth-order valence-corrected chi connectivity index (χ4v) is 2.86. The van der Waals surface area contributed by atoms with Crippen LogP contribution in [-0.4, -0.2) is 23.0 Å². The maximum atomic E-state index is 6.00. The summed E-state index contributed by atoms with van der Waals surface area (Å²) in [6.07, 6.45) is 2.00. The topological polar surface area (TPSA) is 47.8 Å². The van der Waals surface area contributed by atoms with Gasteiger partial charge in [0.05, 0.1) is 6.61 Å². The van der Waals surface area contributed by atoms with E-state index >= 15 is 0 Å². The quantitative estimate of drug-likeness (QED) is 0.759. The molecule has 0 bridgehead atoms. The minimum atomic E-state index is 0.599. The maximum Gasteiger partial charge on any atom is 0.243 e. The zero-order valence-corrected chi connectivity index (χ0v) is 12.8. The lowest BCUT2D eigenvalue weighted by molar-refractivity contribution is 0.319. The molecule has 3 aromatic rings. The standard InChI is InChI=1S/C15H17N3O2S/c1-3-19-12-6-4-5-7-13(12)20-14-11(10-16-2)18-8-9-21-15(18)17-14/h4-9,16H,3,10H2,1-2H3. The molecule has 21 heavy (non-hydrogen) atoms. The lowest BCUT2D eigenvalue weighted by Gasteiger charge is -2.10. The number of hydrogen-bond acceptors (Lipinski definition) is 5. The van der Waals surface area contributed by atoms with E-state index < -0.39 is 0 Å². The summed E-state index contributed by atoms with van der Waals surface area (Å²) in [5.74, 6) is 2.03. The zero-order valence-electron chi connectivity index (χ0n) is 12.0. The van der Waals surface area contributed by atoms with Crippen LogP contribution in [0.3, 0.4) is 0 Å². The summed E-state index contributed by atoms with van der Waals surface area (Å²) in [4.78, 5) is 5.47. The Labute approximate surface area is 127 Å². The van der Waals surface area contributed by atoms with E-state index in [1.807, 2.05) is 54.2 Å². The van der Waals surface area contributed by atoms with E-state index in [-0.39, 0.29) is 0 Å². The largest absolute Gasteiger partial charge is 0.490 e. The van der Waals surface area contributed by atoms with Crippen molar-refractivity contribution in [2.75, 3.05) is 13.7 Å². The SMILES string of the molecule is CCOc1ccccc1Oc1nc2sccn2c1CNC. The fourth-order valence-electron chi connectivity index (χ4n) is 2.14. The number of ether oxygens (including phenoxy) is 2. The second-order valence-corrected chi connectivity index (χ2v) is 5.30. The summed E-state index contributed by atoms with van der Waals surface area (Å²) in [6, 6.07) is 7.64. The van der Waals surface area contributed by atoms with Gasteiger partial charge in [-0.25, -0.2) is 0 Å². The van der Waals surface area contributed by atoms with Gasteiger partial charge in [0.1, 0.15) is 5.69 Å². The molecule has 0 fully saturated rings. The van der Waals surface area contributed by atoms with Gasteiger partial charge in [-0.15, -0.1) is 11.3 Å². The number of benzene rings is 1. The predicted molar refractivity (Wildman–Crippen MR) is 83.5 cm³/mol. The number of aromatic nitrogens is 2. The van der Waals surface area contributed by atoms with Gasteiger partial charge in [0.25, 0.3) is 0 Å². The number of thiazole rings is 1. The van der Waals surface area contributed by atoms with Crippen molar-refractivity contribution in [3.63, 3.8) is 0 Å². The average molecular weight is 303 g/mol. The molecule has 1 aromatic carbocycles. The molecule has 2 heterocycles. The number of para-hydroxylation sites is 2. The van der Waals surface area contributed by atoms with Gasteiger partial charge in [-0.05, 0) is 26.1 Å². The molecule has 110 valence electrons. The number of nitrogens with zero attached hydrogens (tertiary/aromatic N) is 2. The predicted octanol–water partition coefficient (Wildman–Crippen LogP) is 3.31. The molecule has 0 amide bonds. The zero-order chi connectivity index (χ0) is 14.7. The van der Waals surface area contributed by atoms with Crippen LogP contribution in [0.15, 0.2) is 35.8 Å². The van der Waals surface area contributed by atoms with Crippen LogP contribution in [0, 0.1) is 0 Å². The van der Waals surface area contributed by atoms with Gasteiger partial charge in [0, 0.05) is 18.1 Å². The molecule has 5 nitrogen and oxygen atoms in total. The van der Waals surface area contributed by atoms with E-state index in [4.69, 9.17) is 9.47 Å². The molecule has 0 aliphatic heterocycles. The molecule has 0 aliphatic rings. The van der Waals surface area contributed by atoms with E-state index in [0.717, 1.165) is 16.4 Å². The molecule has 0 unspecified atom stereocenters. The first-order valence-electron chi connectivity index (χ1n) is 6.82. The van der Waals surface area contributed by atoms with Gasteiger partial charge in [0.15, 0.2) is 16.5 Å². The Kier molecular flexibility index (Phi) is 4.08. The minimum absolute atomic E-state index is 0.599. The van der Waals surface area contributed by atoms with Crippen molar-refractivity contribution >= 4 is 16.3 Å². The van der Waals surface area contributed by atoms with Gasteiger partial charge in [-0.2, -0.15) is 4.98 Å². The Bertz CT molecular complexity index is 735. The van der Waals surface area contributed by atoms with Crippen LogP contribution in [-0.2, 0) is 6.54 Å². The molecule has 0 atom stereocenters. The highest BCUT2D eigenvalue weighted by atomic mass is 32.1. The van der Waals surface area contributed by atoms with E-state index in [2.05, 4.69) is 10.3 Å². The van der Waals surface area contributed by atoms with Crippen molar-refractivity contribution < 1.29 is 9.47 Å². The van der Waals surface area contributed by atoms with Gasteiger partial charge in [-0.1, -0.05) is 12.1 Å². The Morgan fingerprint density at radius 2 is 2.10 bits per heavy atom. The van der Waals surface area contributed by atoms with Crippen LogP contribution in [0.25, 0.3) is 4.96 Å². The van der Waals surface area contributed by atoms with Crippen molar-refractivity contribution in [1.29, 1.82) is 0 Å². The molecule has 2 aromatic heterocycles. The van der Waals surface area contributed by atoms with Crippen LogP contribution in [0.4, 0.5) is 0 Å². The van der Waals surface area contributed by atoms with Gasteiger partial charge >= 0.3 is 0 Å². The number of imidazole rings is 1. The van der Waals surface area contributed by atoms with Crippen LogP contribution < -0.4 is 14.8 Å². The summed E-state index contributed by atoms with van der Waals surface area (Å²) in [6.45, 7) is 3.24. The van der Waals surface area contributed by atoms with Crippen LogP contribution >= 0.6 is 11.3 Å². The molecule has 0 spiro atoms. The van der Waals surface area contributed by atoms with Gasteiger partial charge < -0.3 is 14.8 Å². The summed E-state index contributed by atoms with van der Waals surface area (Å²) >= 11 is 1.59. The highest BCUT2D eigenvalue weighted by Gasteiger charge is 2.16. The first-order chi connectivity index (χ1) is 10.3. The Balaban J connectivity index is 1.97. The van der Waals surface area contributed by atoms with Gasteiger partial charge in [-0.3, -0.25) is 4.40 Å². The second kappa shape index (κ2) is 6.15. The third-order valence-corrected chi connectivity index (χ3v) is 3.78. The van der Waals surface area contributed by atoms with Crippen molar-refractivity contribution in [3.8, 4) is 17.4 Å². The lowest BCUT2D eigenvalue weighted by atomic mass is 10.3. The highest BCUT2D eigenvalue weighted by Crippen LogP contribution is 2.33. The van der Waals surface area contributed by atoms with Crippen LogP contribution in [0.1, 0.15) is 12.6 Å². The Morgan fingerprint density at radius 1 is 1.29 bits per heavy atom. The molecule has 6 heteroatoms. The summed E-state index contributed by atoms with van der Waals surface area (Å²) in [7, 11) is 1.91. The molecule has 0 saturated carbocycles. The molecular formula is C15H17N3O2S. The molecule has 1 N–H and O–H groups in total. The first kappa shape index (κ1) is 13.9. The number of rotatable bonds is 6. The van der Waals surface area contributed by atoms with E-state index in [0.29, 0.717) is 24.8 Å². The van der Waals surface area contributed by atoms with E-state index in [9.17, 15) is 0 Å². The third kappa shape index (κ3) is 2.72. The molecule has 0 saturated heterocycles. The van der Waals surface area contributed by atoms with Crippen LogP contribution in [0.2, 0.25) is 0 Å². The molecule has 0 aliphatic carbocycles. The maximum absolute atomic E-state index is 6.00. The summed E-state index contributed by atoms with van der Waals surface area (Å²) in [5.41, 5.74) is 1.00. The third-order valence-electron chi connectivity index (χ3n) is 3.02. The number of fused-ring (bicyclic) bond motifs is 1. The Morgan fingerprint density at radius 3 is 2.86 bits per heavy atom. The lowest BCUT2D eigenvalue weighted by Crippen LogP contribution is -2.08. The van der Waals surface area contributed by atoms with Gasteiger partial charge in [0.2, 0.25) is 5.88 Å². The molecule has 0 radical (unpaired) electrons. The van der Waals surface area contributed by atoms with Crippen LogP contribution in [0.5, 0.6) is 17.4 Å². The summed E-state index contributed by atoms with van der Waals surface area (Å²) in [5, 5.41) is 5.16. The fraction of sp³-hybridized carbons (Fsp3) is 0.267. The minimum Gasteiger partial charge on any atom is -0.490 e. The van der Waals surface area contributed by atoms with E-state index in [1.54, 1.807) is 11.3 Å². The molecule has 3 rings (SSSR count). The van der Waals surface area contributed by atoms with Crippen molar-refractivity contribution in [3.05, 3.63) is 41.5 Å². The van der Waals surface area contributed by atoms with E-state index in [1.165, 1.54) is 0 Å². The number of nitrogens with one attached hydrogen (secondary N) is 1. The first-order valence-corrected chi connectivity index (χ1v) is 7.70. The molecular weight excluding hydrogens is 286 g/mol.